The van der Waals surface area contributed by atoms with Crippen molar-refractivity contribution in [1.29, 1.82) is 0 Å². The van der Waals surface area contributed by atoms with Crippen LogP contribution >= 0.6 is 0 Å². The highest BCUT2D eigenvalue weighted by molar-refractivity contribution is 7.91. The van der Waals surface area contributed by atoms with Gasteiger partial charge in [-0.3, -0.25) is 0 Å². The van der Waals surface area contributed by atoms with Crippen LogP contribution in [-0.2, 0) is 14.6 Å². The molecule has 0 radical (unpaired) electrons. The minimum absolute atomic E-state index is 0.326. The lowest BCUT2D eigenvalue weighted by Gasteiger charge is -2.23. The Balaban J connectivity index is 1.97. The van der Waals surface area contributed by atoms with E-state index in [1.165, 1.54) is 0 Å². The number of ether oxygens (including phenoxy) is 1. The Hall–Kier alpha value is -0.170. The van der Waals surface area contributed by atoms with Gasteiger partial charge >= 0.3 is 0 Å². The van der Waals surface area contributed by atoms with Crippen molar-refractivity contribution in [3.8, 4) is 0 Å². The van der Waals surface area contributed by atoms with E-state index in [-0.39, 0.29) is 0 Å². The van der Waals surface area contributed by atoms with Crippen LogP contribution in [0.4, 0.5) is 0 Å². The summed E-state index contributed by atoms with van der Waals surface area (Å²) in [6, 6.07) is 0.343. The van der Waals surface area contributed by atoms with Gasteiger partial charge in [-0.1, -0.05) is 0 Å². The van der Waals surface area contributed by atoms with Crippen molar-refractivity contribution >= 4 is 9.84 Å². The van der Waals surface area contributed by atoms with Crippen molar-refractivity contribution in [3.63, 3.8) is 0 Å². The average molecular weight is 264 g/mol. The molecule has 1 heterocycles. The van der Waals surface area contributed by atoms with Crippen molar-refractivity contribution in [1.82, 2.24) is 10.2 Å². The van der Waals surface area contributed by atoms with Crippen LogP contribution < -0.4 is 5.32 Å². The molecule has 0 spiro atoms. The first kappa shape index (κ1) is 14.9. The molecule has 1 aliphatic heterocycles. The summed E-state index contributed by atoms with van der Waals surface area (Å²) >= 11 is 0. The summed E-state index contributed by atoms with van der Waals surface area (Å²) < 4.78 is 27.9. The molecule has 1 aliphatic rings. The maximum Gasteiger partial charge on any atom is 0.150 e. The van der Waals surface area contributed by atoms with E-state index in [1.807, 2.05) is 14.1 Å². The lowest BCUT2D eigenvalue weighted by molar-refractivity contribution is 0.117. The maximum absolute atomic E-state index is 11.2. The maximum atomic E-state index is 11.2. The molecule has 0 aromatic rings. The molecule has 17 heavy (non-hydrogen) atoms. The molecule has 1 rings (SSSR count). The van der Waals surface area contributed by atoms with Crippen molar-refractivity contribution < 1.29 is 13.2 Å². The van der Waals surface area contributed by atoms with Gasteiger partial charge < -0.3 is 15.0 Å². The van der Waals surface area contributed by atoms with Crippen molar-refractivity contribution in [3.05, 3.63) is 0 Å². The van der Waals surface area contributed by atoms with E-state index in [9.17, 15) is 8.42 Å². The Morgan fingerprint density at radius 2 is 1.88 bits per heavy atom. The molecule has 6 heteroatoms. The first-order valence-electron chi connectivity index (χ1n) is 6.16. The summed E-state index contributed by atoms with van der Waals surface area (Å²) in [7, 11) is 1.29. The Bertz CT molecular complexity index is 290. The van der Waals surface area contributed by atoms with Crippen LogP contribution in [0.25, 0.3) is 0 Å². The highest BCUT2D eigenvalue weighted by atomic mass is 32.2. The number of nitrogens with one attached hydrogen (secondary N) is 1. The van der Waals surface area contributed by atoms with Crippen LogP contribution in [0.1, 0.15) is 12.8 Å². The van der Waals surface area contributed by atoms with Crippen molar-refractivity contribution in [2.45, 2.75) is 18.9 Å². The highest BCUT2D eigenvalue weighted by Crippen LogP contribution is 2.11. The SMILES string of the molecule is CN(C)CCOCCNC1CCS(=O)(=O)CC1. The Morgan fingerprint density at radius 1 is 1.24 bits per heavy atom. The van der Waals surface area contributed by atoms with Gasteiger partial charge in [0.2, 0.25) is 0 Å². The molecule has 0 aromatic carbocycles. The van der Waals surface area contributed by atoms with Gasteiger partial charge in [0.1, 0.15) is 9.84 Å². The van der Waals surface area contributed by atoms with Gasteiger partial charge in [0.15, 0.2) is 0 Å². The van der Waals surface area contributed by atoms with Crippen molar-refractivity contribution in [2.75, 3.05) is 51.9 Å². The van der Waals surface area contributed by atoms with Crippen molar-refractivity contribution in [2.24, 2.45) is 0 Å². The summed E-state index contributed by atoms with van der Waals surface area (Å²) in [6.45, 7) is 3.17. The third-order valence-electron chi connectivity index (χ3n) is 2.92. The van der Waals surface area contributed by atoms with E-state index in [4.69, 9.17) is 4.74 Å². The van der Waals surface area contributed by atoms with Crippen LogP contribution in [0.2, 0.25) is 0 Å². The minimum atomic E-state index is -2.74. The van der Waals surface area contributed by atoms with Crippen LogP contribution in [0.15, 0.2) is 0 Å². The van der Waals surface area contributed by atoms with Gasteiger partial charge in [-0.25, -0.2) is 8.42 Å². The van der Waals surface area contributed by atoms with E-state index in [0.29, 0.717) is 24.2 Å². The van der Waals surface area contributed by atoms with Crippen LogP contribution in [0, 0.1) is 0 Å². The first-order chi connectivity index (χ1) is 7.99. The topological polar surface area (TPSA) is 58.6 Å². The standard InChI is InChI=1S/C11H24N2O3S/c1-13(2)6-8-16-7-5-12-11-3-9-17(14,15)10-4-11/h11-12H,3-10H2,1-2H3. The second-order valence-electron chi connectivity index (χ2n) is 4.80. The summed E-state index contributed by atoms with van der Waals surface area (Å²) in [5, 5.41) is 3.34. The Kier molecular flexibility index (Phi) is 6.40. The fraction of sp³-hybridized carbons (Fsp3) is 1.00. The van der Waals surface area contributed by atoms with E-state index in [2.05, 4.69) is 10.2 Å². The van der Waals surface area contributed by atoms with Gasteiger partial charge in [-0.05, 0) is 26.9 Å². The molecule has 1 fully saturated rings. The molecule has 1 saturated heterocycles. The van der Waals surface area contributed by atoms with Gasteiger partial charge in [-0.15, -0.1) is 0 Å². The lowest BCUT2D eigenvalue weighted by Crippen LogP contribution is -2.39. The third kappa shape index (κ3) is 6.98. The molecule has 0 aliphatic carbocycles. The first-order valence-corrected chi connectivity index (χ1v) is 7.98. The molecular weight excluding hydrogens is 240 g/mol. The fourth-order valence-electron chi connectivity index (χ4n) is 1.78. The van der Waals surface area contributed by atoms with E-state index in [1.54, 1.807) is 0 Å². The molecular formula is C11H24N2O3S. The molecule has 0 saturated carbocycles. The third-order valence-corrected chi connectivity index (χ3v) is 4.63. The molecule has 102 valence electrons. The zero-order valence-corrected chi connectivity index (χ0v) is 11.6. The minimum Gasteiger partial charge on any atom is -0.379 e. The number of hydrogen-bond donors (Lipinski definition) is 1. The zero-order valence-electron chi connectivity index (χ0n) is 10.8. The van der Waals surface area contributed by atoms with Crippen LogP contribution in [0.3, 0.4) is 0 Å². The summed E-state index contributed by atoms with van der Waals surface area (Å²) in [6.07, 6.45) is 1.47. The predicted molar refractivity (Wildman–Crippen MR) is 69.1 cm³/mol. The average Bonchev–Trinajstić information content (AvgIpc) is 2.25. The number of hydrogen-bond acceptors (Lipinski definition) is 5. The second-order valence-corrected chi connectivity index (χ2v) is 7.10. The molecule has 0 atom stereocenters. The van der Waals surface area contributed by atoms with E-state index < -0.39 is 9.84 Å². The highest BCUT2D eigenvalue weighted by Gasteiger charge is 2.22. The van der Waals surface area contributed by atoms with Gasteiger partial charge in [0.25, 0.3) is 0 Å². The molecule has 0 bridgehead atoms. The number of sulfone groups is 1. The molecule has 1 N–H and O–H groups in total. The van der Waals surface area contributed by atoms with Gasteiger partial charge in [0.05, 0.1) is 24.7 Å². The smallest absolute Gasteiger partial charge is 0.150 e. The lowest BCUT2D eigenvalue weighted by atomic mass is 10.1. The molecule has 0 unspecified atom stereocenters. The number of nitrogens with zero attached hydrogens (tertiary/aromatic N) is 1. The fourth-order valence-corrected chi connectivity index (χ4v) is 3.27. The Morgan fingerprint density at radius 3 is 2.47 bits per heavy atom. The molecule has 5 nitrogen and oxygen atoms in total. The second kappa shape index (κ2) is 7.31. The Labute approximate surface area is 104 Å². The van der Waals surface area contributed by atoms with Crippen LogP contribution in [0.5, 0.6) is 0 Å². The molecule has 0 amide bonds. The summed E-state index contributed by atoms with van der Waals surface area (Å²) in [5.74, 6) is 0.651. The predicted octanol–water partition coefficient (Wildman–Crippen LogP) is -0.269. The largest absolute Gasteiger partial charge is 0.379 e. The van der Waals surface area contributed by atoms with Gasteiger partial charge in [-0.2, -0.15) is 0 Å². The van der Waals surface area contributed by atoms with Gasteiger partial charge in [0, 0.05) is 19.1 Å². The normalized spacial score (nSPS) is 20.9. The summed E-state index contributed by atoms with van der Waals surface area (Å²) in [4.78, 5) is 2.08. The van der Waals surface area contributed by atoms with Crippen LogP contribution in [-0.4, -0.2) is 71.3 Å². The zero-order chi connectivity index (χ0) is 12.7. The molecule has 0 aromatic heterocycles. The number of rotatable bonds is 7. The quantitative estimate of drug-likeness (QED) is 0.642. The van der Waals surface area contributed by atoms with E-state index in [0.717, 1.165) is 32.5 Å². The number of likely N-dealkylation sites (N-methyl/N-ethyl adjacent to an activating group) is 1. The monoisotopic (exact) mass is 264 g/mol. The summed E-state index contributed by atoms with van der Waals surface area (Å²) in [5.41, 5.74) is 0. The van der Waals surface area contributed by atoms with E-state index >= 15 is 0 Å².